The van der Waals surface area contributed by atoms with Crippen molar-refractivity contribution in [1.29, 1.82) is 0 Å². The summed E-state index contributed by atoms with van der Waals surface area (Å²) in [5, 5.41) is 17.7. The van der Waals surface area contributed by atoms with E-state index < -0.39 is 0 Å². The highest BCUT2D eigenvalue weighted by Crippen LogP contribution is 2.27. The first-order chi connectivity index (χ1) is 12.5. The number of nitrogens with one attached hydrogen (secondary N) is 3. The van der Waals surface area contributed by atoms with Crippen LogP contribution in [0.25, 0.3) is 0 Å². The molecule has 0 unspecified atom stereocenters. The molecule has 0 fully saturated rings. The third-order valence-electron chi connectivity index (χ3n) is 3.21. The number of halogens is 2. The molecule has 1 aromatic heterocycles. The van der Waals surface area contributed by atoms with E-state index in [1.807, 2.05) is 0 Å². The molecule has 0 bridgehead atoms. The van der Waals surface area contributed by atoms with Crippen molar-refractivity contribution in [2.24, 2.45) is 0 Å². The molecule has 26 heavy (non-hydrogen) atoms. The van der Waals surface area contributed by atoms with Crippen LogP contribution in [0, 0.1) is 0 Å². The van der Waals surface area contributed by atoms with Gasteiger partial charge in [-0.15, -0.1) is 5.10 Å². The Morgan fingerprint density at radius 2 is 1.73 bits per heavy atom. The Labute approximate surface area is 159 Å². The summed E-state index contributed by atoms with van der Waals surface area (Å²) in [6.45, 7) is 1.46. The molecule has 0 aliphatic heterocycles. The number of aromatic nitrogens is 3. The molecule has 1 heterocycles. The minimum atomic E-state index is -0.127. The number of carbonyl (C=O) groups is 1. The summed E-state index contributed by atoms with van der Waals surface area (Å²) in [5.41, 5.74) is 2.11. The second-order valence-corrected chi connectivity index (χ2v) is 6.14. The highest BCUT2D eigenvalue weighted by molar-refractivity contribution is 6.36. The van der Waals surface area contributed by atoms with Crippen LogP contribution < -0.4 is 16.0 Å². The van der Waals surface area contributed by atoms with Gasteiger partial charge in [0, 0.05) is 23.3 Å². The first kappa shape index (κ1) is 17.9. The minimum Gasteiger partial charge on any atom is -0.338 e. The molecule has 0 saturated carbocycles. The summed E-state index contributed by atoms with van der Waals surface area (Å²) in [5.74, 6) is 0.659. The molecule has 0 aliphatic carbocycles. The summed E-state index contributed by atoms with van der Waals surface area (Å²) in [6, 6.07) is 12.2. The van der Waals surface area contributed by atoms with Crippen LogP contribution in [-0.4, -0.2) is 21.1 Å². The van der Waals surface area contributed by atoms with Gasteiger partial charge in [-0.05, 0) is 42.5 Å². The van der Waals surface area contributed by atoms with Gasteiger partial charge < -0.3 is 16.0 Å². The zero-order valence-electron chi connectivity index (χ0n) is 13.6. The van der Waals surface area contributed by atoms with Crippen LogP contribution in [0.5, 0.6) is 0 Å². The van der Waals surface area contributed by atoms with E-state index in [4.69, 9.17) is 23.2 Å². The second-order valence-electron chi connectivity index (χ2n) is 5.30. The lowest BCUT2D eigenvalue weighted by molar-refractivity contribution is -0.114. The lowest BCUT2D eigenvalue weighted by Gasteiger charge is -2.09. The third-order valence-corrected chi connectivity index (χ3v) is 3.76. The molecule has 0 aliphatic rings. The molecule has 0 radical (unpaired) electrons. The van der Waals surface area contributed by atoms with E-state index in [2.05, 4.69) is 31.1 Å². The molecule has 2 aromatic carbocycles. The number of anilines is 5. The summed E-state index contributed by atoms with van der Waals surface area (Å²) in [4.78, 5) is 15.4. The van der Waals surface area contributed by atoms with E-state index >= 15 is 0 Å². The Bertz CT molecular complexity index is 933. The Morgan fingerprint density at radius 3 is 2.42 bits per heavy atom. The second kappa shape index (κ2) is 7.99. The van der Waals surface area contributed by atoms with Crippen molar-refractivity contribution in [3.63, 3.8) is 0 Å². The molecule has 9 heteroatoms. The monoisotopic (exact) mass is 388 g/mol. The lowest BCUT2D eigenvalue weighted by atomic mass is 10.3. The van der Waals surface area contributed by atoms with Crippen molar-refractivity contribution in [1.82, 2.24) is 15.2 Å². The van der Waals surface area contributed by atoms with E-state index in [0.717, 1.165) is 5.69 Å². The van der Waals surface area contributed by atoms with Crippen LogP contribution in [0.15, 0.2) is 48.7 Å². The van der Waals surface area contributed by atoms with Gasteiger partial charge in [0.2, 0.25) is 11.9 Å². The van der Waals surface area contributed by atoms with Gasteiger partial charge in [-0.3, -0.25) is 4.79 Å². The Hall–Kier alpha value is -2.90. The van der Waals surface area contributed by atoms with Crippen molar-refractivity contribution in [2.75, 3.05) is 16.0 Å². The number of hydrogen-bond acceptors (Lipinski definition) is 6. The van der Waals surface area contributed by atoms with Crippen LogP contribution in [-0.2, 0) is 4.79 Å². The van der Waals surface area contributed by atoms with Crippen molar-refractivity contribution < 1.29 is 4.79 Å². The number of nitrogens with zero attached hydrogens (tertiary/aromatic N) is 3. The average Bonchev–Trinajstić information content (AvgIpc) is 2.59. The number of hydrogen-bond donors (Lipinski definition) is 3. The number of benzene rings is 2. The van der Waals surface area contributed by atoms with Gasteiger partial charge in [-0.2, -0.15) is 10.1 Å². The van der Waals surface area contributed by atoms with Crippen LogP contribution >= 0.6 is 23.2 Å². The number of amides is 1. The fourth-order valence-corrected chi connectivity index (χ4v) is 2.57. The number of rotatable bonds is 5. The molecule has 3 aromatic rings. The van der Waals surface area contributed by atoms with E-state index in [0.29, 0.717) is 33.2 Å². The summed E-state index contributed by atoms with van der Waals surface area (Å²) in [7, 11) is 0. The van der Waals surface area contributed by atoms with E-state index in [9.17, 15) is 4.79 Å². The Morgan fingerprint density at radius 1 is 1.00 bits per heavy atom. The van der Waals surface area contributed by atoms with E-state index in [1.165, 1.54) is 13.1 Å². The standard InChI is InChI=1S/C17H14Cl2N6O/c1-10(26)21-12-3-5-13(6-4-12)22-17-24-16(9-20-25-17)23-15-7-2-11(18)8-14(15)19/h2-9H,1H3,(H,21,26)(H2,22,23,24,25). The normalized spacial score (nSPS) is 10.3. The maximum atomic E-state index is 11.0. The first-order valence-corrected chi connectivity index (χ1v) is 8.32. The summed E-state index contributed by atoms with van der Waals surface area (Å²) < 4.78 is 0. The van der Waals surface area contributed by atoms with Gasteiger partial charge >= 0.3 is 0 Å². The van der Waals surface area contributed by atoms with Crippen molar-refractivity contribution >= 4 is 57.9 Å². The third kappa shape index (κ3) is 4.81. The van der Waals surface area contributed by atoms with Crippen molar-refractivity contribution in [3.05, 3.63) is 58.7 Å². The van der Waals surface area contributed by atoms with Crippen LogP contribution in [0.3, 0.4) is 0 Å². The maximum Gasteiger partial charge on any atom is 0.249 e. The molecule has 0 saturated heterocycles. The topological polar surface area (TPSA) is 91.8 Å². The molecule has 3 rings (SSSR count). The zero-order chi connectivity index (χ0) is 18.5. The van der Waals surface area contributed by atoms with Gasteiger partial charge in [0.25, 0.3) is 0 Å². The van der Waals surface area contributed by atoms with Crippen LogP contribution in [0.4, 0.5) is 28.8 Å². The quantitative estimate of drug-likeness (QED) is 0.590. The molecular formula is C17H14Cl2N6O. The molecule has 7 nitrogen and oxygen atoms in total. The minimum absolute atomic E-state index is 0.127. The lowest BCUT2D eigenvalue weighted by Crippen LogP contribution is -2.06. The molecule has 3 N–H and O–H groups in total. The zero-order valence-corrected chi connectivity index (χ0v) is 15.1. The Kier molecular flexibility index (Phi) is 5.50. The predicted molar refractivity (Wildman–Crippen MR) is 104 cm³/mol. The van der Waals surface area contributed by atoms with Gasteiger partial charge in [0.05, 0.1) is 16.9 Å². The van der Waals surface area contributed by atoms with E-state index in [1.54, 1.807) is 42.5 Å². The van der Waals surface area contributed by atoms with E-state index in [-0.39, 0.29) is 5.91 Å². The number of carbonyl (C=O) groups excluding carboxylic acids is 1. The highest BCUT2D eigenvalue weighted by atomic mass is 35.5. The summed E-state index contributed by atoms with van der Waals surface area (Å²) >= 11 is 12.0. The molecule has 0 spiro atoms. The highest BCUT2D eigenvalue weighted by Gasteiger charge is 2.06. The average molecular weight is 389 g/mol. The molecule has 1 amide bonds. The fraction of sp³-hybridized carbons (Fsp3) is 0.0588. The maximum absolute atomic E-state index is 11.0. The predicted octanol–water partition coefficient (Wildman–Crippen LogP) is 4.62. The largest absolute Gasteiger partial charge is 0.338 e. The van der Waals surface area contributed by atoms with Gasteiger partial charge in [-0.25, -0.2) is 0 Å². The molecular weight excluding hydrogens is 375 g/mol. The molecule has 0 atom stereocenters. The van der Waals surface area contributed by atoms with Crippen molar-refractivity contribution in [3.8, 4) is 0 Å². The van der Waals surface area contributed by atoms with Crippen molar-refractivity contribution in [2.45, 2.75) is 6.92 Å². The van der Waals surface area contributed by atoms with Gasteiger partial charge in [-0.1, -0.05) is 23.2 Å². The molecule has 132 valence electrons. The van der Waals surface area contributed by atoms with Gasteiger partial charge in [0.1, 0.15) is 0 Å². The van der Waals surface area contributed by atoms with Crippen LogP contribution in [0.2, 0.25) is 10.0 Å². The van der Waals surface area contributed by atoms with Gasteiger partial charge in [0.15, 0.2) is 5.82 Å². The summed E-state index contributed by atoms with van der Waals surface area (Å²) in [6.07, 6.45) is 1.48. The fourth-order valence-electron chi connectivity index (χ4n) is 2.11. The van der Waals surface area contributed by atoms with Crippen LogP contribution in [0.1, 0.15) is 6.92 Å². The SMILES string of the molecule is CC(=O)Nc1ccc(Nc2nncc(Nc3ccc(Cl)cc3Cl)n2)cc1. The smallest absolute Gasteiger partial charge is 0.249 e. The first-order valence-electron chi connectivity index (χ1n) is 7.56. The Balaban J connectivity index is 1.72.